The highest BCUT2D eigenvalue weighted by molar-refractivity contribution is 6.02. The first-order valence-electron chi connectivity index (χ1n) is 7.96. The largest absolute Gasteiger partial charge is 0.288 e. The molecule has 4 rings (SSSR count). The lowest BCUT2D eigenvalue weighted by Crippen LogP contribution is -2.15. The summed E-state index contributed by atoms with van der Waals surface area (Å²) in [5, 5.41) is 13.9. The summed E-state index contributed by atoms with van der Waals surface area (Å²) in [6, 6.07) is 13.2. The van der Waals surface area contributed by atoms with Crippen molar-refractivity contribution in [1.29, 1.82) is 0 Å². The van der Waals surface area contributed by atoms with E-state index in [-0.39, 0.29) is 11.9 Å². The second-order valence-corrected chi connectivity index (χ2v) is 5.64. The topological polar surface area (TPSA) is 101 Å². The fourth-order valence-electron chi connectivity index (χ4n) is 2.51. The Labute approximate surface area is 148 Å². The van der Waals surface area contributed by atoms with Crippen LogP contribution in [0.4, 0.5) is 5.95 Å². The summed E-state index contributed by atoms with van der Waals surface area (Å²) in [7, 11) is 0. The fraction of sp³-hybridized carbons (Fsp3) is 0.0556. The maximum atomic E-state index is 12.5. The standard InChI is InChI=1S/C18H15N7O/c1-12-11-25(14-5-3-2-4-6-14)24-15(12)17(26)21-18-20-16(22-23-18)13-7-9-19-10-8-13/h2-11H,1H3,(H2,20,21,22,23,26). The van der Waals surface area contributed by atoms with Crippen LogP contribution in [0.15, 0.2) is 61.1 Å². The molecule has 1 aromatic carbocycles. The average Bonchev–Trinajstić information content (AvgIpc) is 3.30. The Bertz CT molecular complexity index is 1040. The van der Waals surface area contributed by atoms with E-state index in [9.17, 15) is 4.79 Å². The van der Waals surface area contributed by atoms with Crippen molar-refractivity contribution >= 4 is 11.9 Å². The third kappa shape index (κ3) is 3.07. The minimum absolute atomic E-state index is 0.190. The number of hydrogen-bond donors (Lipinski definition) is 2. The first-order valence-corrected chi connectivity index (χ1v) is 7.96. The van der Waals surface area contributed by atoms with E-state index in [1.165, 1.54) is 0 Å². The Hall–Kier alpha value is -3.81. The van der Waals surface area contributed by atoms with Crippen molar-refractivity contribution in [3.8, 4) is 17.1 Å². The van der Waals surface area contributed by atoms with Crippen molar-refractivity contribution in [3.05, 3.63) is 72.3 Å². The van der Waals surface area contributed by atoms with Gasteiger partial charge in [0, 0.05) is 29.7 Å². The summed E-state index contributed by atoms with van der Waals surface area (Å²) < 4.78 is 1.67. The highest BCUT2D eigenvalue weighted by Gasteiger charge is 2.17. The minimum Gasteiger partial charge on any atom is -0.288 e. The van der Waals surface area contributed by atoms with Crippen LogP contribution in [0, 0.1) is 6.92 Å². The zero-order chi connectivity index (χ0) is 17.9. The number of rotatable bonds is 4. The molecule has 0 saturated carbocycles. The molecular weight excluding hydrogens is 330 g/mol. The van der Waals surface area contributed by atoms with Crippen LogP contribution in [0.5, 0.6) is 0 Å². The molecule has 0 saturated heterocycles. The van der Waals surface area contributed by atoms with E-state index >= 15 is 0 Å². The van der Waals surface area contributed by atoms with Crippen molar-refractivity contribution in [2.45, 2.75) is 6.92 Å². The quantitative estimate of drug-likeness (QED) is 0.592. The summed E-state index contributed by atoms with van der Waals surface area (Å²) in [6.07, 6.45) is 5.13. The lowest BCUT2D eigenvalue weighted by molar-refractivity contribution is 0.102. The Morgan fingerprint density at radius 2 is 1.88 bits per heavy atom. The Balaban J connectivity index is 1.54. The highest BCUT2D eigenvalue weighted by atomic mass is 16.2. The molecule has 128 valence electrons. The van der Waals surface area contributed by atoms with E-state index in [4.69, 9.17) is 0 Å². The van der Waals surface area contributed by atoms with Gasteiger partial charge in [0.05, 0.1) is 5.69 Å². The molecule has 3 aromatic heterocycles. The minimum atomic E-state index is -0.363. The number of carbonyl (C=O) groups is 1. The molecule has 0 unspecified atom stereocenters. The van der Waals surface area contributed by atoms with Crippen molar-refractivity contribution in [3.63, 3.8) is 0 Å². The molecular formula is C18H15N7O. The van der Waals surface area contributed by atoms with E-state index in [0.717, 1.165) is 16.8 Å². The molecule has 26 heavy (non-hydrogen) atoms. The monoisotopic (exact) mass is 345 g/mol. The Morgan fingerprint density at radius 1 is 1.12 bits per heavy atom. The van der Waals surface area contributed by atoms with Crippen molar-refractivity contribution in [1.82, 2.24) is 29.9 Å². The number of nitrogens with zero attached hydrogens (tertiary/aromatic N) is 5. The van der Waals surface area contributed by atoms with E-state index < -0.39 is 0 Å². The maximum Gasteiger partial charge on any atom is 0.278 e. The van der Waals surface area contributed by atoms with Crippen LogP contribution in [0.2, 0.25) is 0 Å². The predicted octanol–water partition coefficient (Wildman–Crippen LogP) is 2.61. The van der Waals surface area contributed by atoms with Gasteiger partial charge in [-0.05, 0) is 31.2 Å². The van der Waals surface area contributed by atoms with Crippen LogP contribution in [0.25, 0.3) is 17.1 Å². The van der Waals surface area contributed by atoms with Crippen LogP contribution in [-0.2, 0) is 0 Å². The summed E-state index contributed by atoms with van der Waals surface area (Å²) in [5.41, 5.74) is 2.80. The lowest BCUT2D eigenvalue weighted by Gasteiger charge is -2.00. The number of aryl methyl sites for hydroxylation is 1. The van der Waals surface area contributed by atoms with Crippen molar-refractivity contribution in [2.24, 2.45) is 0 Å². The van der Waals surface area contributed by atoms with Gasteiger partial charge >= 0.3 is 0 Å². The van der Waals surface area contributed by atoms with Crippen LogP contribution in [0.3, 0.4) is 0 Å². The number of carbonyl (C=O) groups excluding carboxylic acids is 1. The van der Waals surface area contributed by atoms with Gasteiger partial charge in [0.2, 0.25) is 5.95 Å². The number of benzene rings is 1. The second-order valence-electron chi connectivity index (χ2n) is 5.64. The van der Waals surface area contributed by atoms with Gasteiger partial charge in [-0.2, -0.15) is 10.1 Å². The first-order chi connectivity index (χ1) is 12.7. The predicted molar refractivity (Wildman–Crippen MR) is 95.9 cm³/mol. The molecule has 8 heteroatoms. The van der Waals surface area contributed by atoms with Gasteiger partial charge in [0.15, 0.2) is 11.5 Å². The Kier molecular flexibility index (Phi) is 3.98. The summed E-state index contributed by atoms with van der Waals surface area (Å²) in [4.78, 5) is 20.8. The number of hydrogen-bond acceptors (Lipinski definition) is 5. The number of aromatic nitrogens is 6. The molecule has 0 fully saturated rings. The zero-order valence-corrected chi connectivity index (χ0v) is 13.9. The van der Waals surface area contributed by atoms with Gasteiger partial charge in [0.1, 0.15) is 0 Å². The maximum absolute atomic E-state index is 12.5. The van der Waals surface area contributed by atoms with E-state index in [0.29, 0.717) is 11.5 Å². The SMILES string of the molecule is Cc1cn(-c2ccccc2)nc1C(=O)Nc1n[nH]c(-c2ccncc2)n1. The van der Waals surface area contributed by atoms with Gasteiger partial charge < -0.3 is 0 Å². The van der Waals surface area contributed by atoms with Gasteiger partial charge in [-0.15, -0.1) is 5.10 Å². The molecule has 0 bridgehead atoms. The number of nitrogens with one attached hydrogen (secondary N) is 2. The highest BCUT2D eigenvalue weighted by Crippen LogP contribution is 2.16. The molecule has 1 amide bonds. The summed E-state index contributed by atoms with van der Waals surface area (Å²) in [6.45, 7) is 1.84. The molecule has 0 radical (unpaired) electrons. The smallest absolute Gasteiger partial charge is 0.278 e. The molecule has 8 nitrogen and oxygen atoms in total. The lowest BCUT2D eigenvalue weighted by atomic mass is 10.2. The van der Waals surface area contributed by atoms with Gasteiger partial charge in [-0.3, -0.25) is 20.2 Å². The third-order valence-corrected chi connectivity index (χ3v) is 3.80. The molecule has 0 atom stereocenters. The number of amides is 1. The molecule has 2 N–H and O–H groups in total. The van der Waals surface area contributed by atoms with Crippen LogP contribution in [-0.4, -0.2) is 35.9 Å². The first kappa shape index (κ1) is 15.7. The van der Waals surface area contributed by atoms with Crippen LogP contribution < -0.4 is 5.32 Å². The summed E-state index contributed by atoms with van der Waals surface area (Å²) in [5.74, 6) is 0.377. The number of anilines is 1. The number of aromatic amines is 1. The average molecular weight is 345 g/mol. The fourth-order valence-corrected chi connectivity index (χ4v) is 2.51. The summed E-state index contributed by atoms with van der Waals surface area (Å²) >= 11 is 0. The van der Waals surface area contributed by atoms with E-state index in [1.54, 1.807) is 29.2 Å². The molecule has 3 heterocycles. The number of H-pyrrole nitrogens is 1. The van der Waals surface area contributed by atoms with Gasteiger partial charge in [-0.1, -0.05) is 18.2 Å². The van der Waals surface area contributed by atoms with E-state index in [1.807, 2.05) is 43.5 Å². The van der Waals surface area contributed by atoms with E-state index in [2.05, 4.69) is 30.6 Å². The number of pyridine rings is 1. The molecule has 0 spiro atoms. The Morgan fingerprint density at radius 3 is 2.65 bits per heavy atom. The molecule has 0 aliphatic rings. The number of para-hydroxylation sites is 1. The zero-order valence-electron chi connectivity index (χ0n) is 13.9. The van der Waals surface area contributed by atoms with Crippen molar-refractivity contribution in [2.75, 3.05) is 5.32 Å². The normalized spacial score (nSPS) is 10.7. The molecule has 4 aromatic rings. The van der Waals surface area contributed by atoms with Crippen LogP contribution >= 0.6 is 0 Å². The van der Waals surface area contributed by atoms with Gasteiger partial charge in [-0.25, -0.2) is 4.68 Å². The van der Waals surface area contributed by atoms with Crippen LogP contribution in [0.1, 0.15) is 16.1 Å². The molecule has 0 aliphatic carbocycles. The third-order valence-electron chi connectivity index (χ3n) is 3.80. The van der Waals surface area contributed by atoms with Crippen molar-refractivity contribution < 1.29 is 4.79 Å². The second kappa shape index (κ2) is 6.60. The van der Waals surface area contributed by atoms with Gasteiger partial charge in [0.25, 0.3) is 5.91 Å². The molecule has 0 aliphatic heterocycles.